The van der Waals surface area contributed by atoms with E-state index in [4.69, 9.17) is 4.74 Å². The summed E-state index contributed by atoms with van der Waals surface area (Å²) in [6.45, 7) is 2.03. The zero-order chi connectivity index (χ0) is 18.7. The highest BCUT2D eigenvalue weighted by atomic mass is 32.1. The first-order valence-corrected chi connectivity index (χ1v) is 11.0. The Bertz CT molecular complexity index is 743. The first-order chi connectivity index (χ1) is 13.2. The average molecular weight is 385 g/mol. The summed E-state index contributed by atoms with van der Waals surface area (Å²) in [7, 11) is 0. The van der Waals surface area contributed by atoms with E-state index in [-0.39, 0.29) is 23.5 Å². The lowest BCUT2D eigenvalue weighted by atomic mass is 9.82. The van der Waals surface area contributed by atoms with Crippen LogP contribution in [0.4, 0.5) is 0 Å². The van der Waals surface area contributed by atoms with Gasteiger partial charge in [0.25, 0.3) is 0 Å². The average Bonchev–Trinajstić information content (AvgIpc) is 3.37. The fraction of sp³-hybridized carbons (Fsp3) is 0.545. The number of pyridine rings is 1. The molecule has 2 aromatic rings. The Labute approximate surface area is 165 Å². The number of amides is 1. The summed E-state index contributed by atoms with van der Waals surface area (Å²) < 4.78 is 6.02. The van der Waals surface area contributed by atoms with Crippen LogP contribution in [0.3, 0.4) is 0 Å². The number of carbonyl (C=O) groups is 1. The SMILES string of the molecule is Cc1ccc(OC2CCC(NC(=O)C3(c4cccs4)CCCC3)CC2)nc1. The van der Waals surface area contributed by atoms with Crippen molar-refractivity contribution in [2.24, 2.45) is 0 Å². The predicted octanol–water partition coefficient (Wildman–Crippen LogP) is 4.77. The van der Waals surface area contributed by atoms with Crippen LogP contribution in [-0.4, -0.2) is 23.0 Å². The van der Waals surface area contributed by atoms with Crippen LogP contribution in [0.15, 0.2) is 35.8 Å². The van der Waals surface area contributed by atoms with Gasteiger partial charge in [0.2, 0.25) is 11.8 Å². The molecule has 4 rings (SSSR count). The number of rotatable bonds is 5. The number of ether oxygens (including phenoxy) is 1. The smallest absolute Gasteiger partial charge is 0.231 e. The lowest BCUT2D eigenvalue weighted by Crippen LogP contribution is -2.48. The van der Waals surface area contributed by atoms with Crippen molar-refractivity contribution in [1.29, 1.82) is 0 Å². The minimum absolute atomic E-state index is 0.200. The standard InChI is InChI=1S/C22H28N2O2S/c1-16-6-11-20(23-15-16)26-18-9-7-17(8-10-18)24-21(25)22(12-2-3-13-22)19-5-4-14-27-19/h4-6,11,14-15,17-18H,2-3,7-10,12-13H2,1H3,(H,24,25). The molecule has 2 aliphatic rings. The highest BCUT2D eigenvalue weighted by Gasteiger charge is 2.44. The minimum atomic E-state index is -0.284. The molecule has 0 unspecified atom stereocenters. The van der Waals surface area contributed by atoms with Gasteiger partial charge in [-0.1, -0.05) is 25.0 Å². The van der Waals surface area contributed by atoms with Gasteiger partial charge in [-0.3, -0.25) is 4.79 Å². The third-order valence-corrected chi connectivity index (χ3v) is 7.14. The number of hydrogen-bond acceptors (Lipinski definition) is 4. The van der Waals surface area contributed by atoms with Gasteiger partial charge < -0.3 is 10.1 Å². The predicted molar refractivity (Wildman–Crippen MR) is 108 cm³/mol. The summed E-state index contributed by atoms with van der Waals surface area (Å²) in [5.41, 5.74) is 0.855. The van der Waals surface area contributed by atoms with Crippen LogP contribution in [0.5, 0.6) is 5.88 Å². The van der Waals surface area contributed by atoms with Gasteiger partial charge in [0, 0.05) is 23.2 Å². The van der Waals surface area contributed by atoms with Gasteiger partial charge in [-0.2, -0.15) is 0 Å². The summed E-state index contributed by atoms with van der Waals surface area (Å²) in [6.07, 6.45) is 10.2. The molecule has 1 N–H and O–H groups in total. The van der Waals surface area contributed by atoms with Crippen molar-refractivity contribution < 1.29 is 9.53 Å². The minimum Gasteiger partial charge on any atom is -0.474 e. The number of aromatic nitrogens is 1. The first-order valence-electron chi connectivity index (χ1n) is 10.1. The van der Waals surface area contributed by atoms with Crippen LogP contribution in [0.2, 0.25) is 0 Å². The molecule has 2 aromatic heterocycles. The lowest BCUT2D eigenvalue weighted by Gasteiger charge is -2.33. The van der Waals surface area contributed by atoms with Crippen molar-refractivity contribution in [3.8, 4) is 5.88 Å². The molecule has 5 heteroatoms. The molecule has 0 spiro atoms. The van der Waals surface area contributed by atoms with Gasteiger partial charge in [-0.15, -0.1) is 11.3 Å². The Kier molecular flexibility index (Phi) is 5.48. The van der Waals surface area contributed by atoms with E-state index in [9.17, 15) is 4.79 Å². The molecule has 2 saturated carbocycles. The number of nitrogens with one attached hydrogen (secondary N) is 1. The molecule has 0 radical (unpaired) electrons. The van der Waals surface area contributed by atoms with E-state index in [0.29, 0.717) is 5.88 Å². The van der Waals surface area contributed by atoms with Crippen LogP contribution in [-0.2, 0) is 10.2 Å². The molecular formula is C22H28N2O2S. The van der Waals surface area contributed by atoms with Gasteiger partial charge in [-0.05, 0) is 62.5 Å². The number of hydrogen-bond donors (Lipinski definition) is 1. The third-order valence-electron chi connectivity index (χ3n) is 6.07. The molecular weight excluding hydrogens is 356 g/mol. The number of aryl methyl sites for hydroxylation is 1. The fourth-order valence-corrected chi connectivity index (χ4v) is 5.44. The third kappa shape index (κ3) is 4.03. The summed E-state index contributed by atoms with van der Waals surface area (Å²) in [6, 6.07) is 8.43. The summed E-state index contributed by atoms with van der Waals surface area (Å²) >= 11 is 1.72. The molecule has 4 nitrogen and oxygen atoms in total. The second-order valence-corrected chi connectivity index (χ2v) is 8.95. The van der Waals surface area contributed by atoms with Gasteiger partial charge in [0.1, 0.15) is 6.10 Å². The summed E-state index contributed by atoms with van der Waals surface area (Å²) in [4.78, 5) is 18.8. The van der Waals surface area contributed by atoms with Crippen molar-refractivity contribution in [1.82, 2.24) is 10.3 Å². The molecule has 0 aromatic carbocycles. The monoisotopic (exact) mass is 384 g/mol. The molecule has 2 aliphatic carbocycles. The van der Waals surface area contributed by atoms with Gasteiger partial charge >= 0.3 is 0 Å². The van der Waals surface area contributed by atoms with E-state index in [1.165, 1.54) is 4.88 Å². The highest BCUT2D eigenvalue weighted by Crippen LogP contribution is 2.43. The topological polar surface area (TPSA) is 51.2 Å². The zero-order valence-electron chi connectivity index (χ0n) is 15.9. The van der Waals surface area contributed by atoms with Crippen molar-refractivity contribution in [2.75, 3.05) is 0 Å². The van der Waals surface area contributed by atoms with E-state index >= 15 is 0 Å². The quantitative estimate of drug-likeness (QED) is 0.808. The van der Waals surface area contributed by atoms with Crippen LogP contribution >= 0.6 is 11.3 Å². The number of carbonyl (C=O) groups excluding carboxylic acids is 1. The maximum absolute atomic E-state index is 13.2. The van der Waals surface area contributed by atoms with E-state index in [1.54, 1.807) is 11.3 Å². The van der Waals surface area contributed by atoms with Gasteiger partial charge in [-0.25, -0.2) is 4.98 Å². The molecule has 0 saturated heterocycles. The Hall–Kier alpha value is -1.88. The second-order valence-electron chi connectivity index (χ2n) is 8.01. The van der Waals surface area contributed by atoms with Crippen molar-refractivity contribution in [3.63, 3.8) is 0 Å². The Morgan fingerprint density at radius 1 is 1.19 bits per heavy atom. The molecule has 0 bridgehead atoms. The van der Waals surface area contributed by atoms with Crippen molar-refractivity contribution >= 4 is 17.2 Å². The molecule has 144 valence electrons. The van der Waals surface area contributed by atoms with Crippen LogP contribution in [0.1, 0.15) is 61.8 Å². The second kappa shape index (κ2) is 8.01. The summed E-state index contributed by atoms with van der Waals surface area (Å²) in [5.74, 6) is 0.947. The molecule has 1 amide bonds. The van der Waals surface area contributed by atoms with Crippen molar-refractivity contribution in [3.05, 3.63) is 46.3 Å². The largest absolute Gasteiger partial charge is 0.474 e. The molecule has 27 heavy (non-hydrogen) atoms. The maximum atomic E-state index is 13.2. The zero-order valence-corrected chi connectivity index (χ0v) is 16.8. The van der Waals surface area contributed by atoms with Crippen LogP contribution in [0.25, 0.3) is 0 Å². The normalized spacial score (nSPS) is 24.5. The van der Waals surface area contributed by atoms with Crippen LogP contribution in [0, 0.1) is 6.92 Å². The molecule has 2 heterocycles. The van der Waals surface area contributed by atoms with Crippen molar-refractivity contribution in [2.45, 2.75) is 75.9 Å². The van der Waals surface area contributed by atoms with E-state index in [2.05, 4.69) is 27.8 Å². The van der Waals surface area contributed by atoms with Gasteiger partial charge in [0.05, 0.1) is 5.41 Å². The molecule has 2 fully saturated rings. The maximum Gasteiger partial charge on any atom is 0.231 e. The first kappa shape index (κ1) is 18.5. The van der Waals surface area contributed by atoms with E-state index in [0.717, 1.165) is 56.9 Å². The number of nitrogens with zero attached hydrogens (tertiary/aromatic N) is 1. The van der Waals surface area contributed by atoms with E-state index < -0.39 is 0 Å². The van der Waals surface area contributed by atoms with E-state index in [1.807, 2.05) is 25.3 Å². The Balaban J connectivity index is 1.32. The lowest BCUT2D eigenvalue weighted by molar-refractivity contribution is -0.127. The molecule has 0 atom stereocenters. The highest BCUT2D eigenvalue weighted by molar-refractivity contribution is 7.10. The Morgan fingerprint density at radius 3 is 2.59 bits per heavy atom. The summed E-state index contributed by atoms with van der Waals surface area (Å²) in [5, 5.41) is 5.47. The Morgan fingerprint density at radius 2 is 1.96 bits per heavy atom. The molecule has 0 aliphatic heterocycles. The fourth-order valence-electron chi connectivity index (χ4n) is 4.46. The number of thiophene rings is 1. The van der Waals surface area contributed by atoms with Crippen LogP contribution < -0.4 is 10.1 Å². The van der Waals surface area contributed by atoms with Gasteiger partial charge in [0.15, 0.2) is 0 Å².